The van der Waals surface area contributed by atoms with E-state index in [-0.39, 0.29) is 6.61 Å². The lowest BCUT2D eigenvalue weighted by atomic mass is 9.92. The zero-order valence-corrected chi connectivity index (χ0v) is 7.57. The monoisotopic (exact) mass is 178 g/mol. The molecule has 13 heavy (non-hydrogen) atoms. The molecule has 70 valence electrons. The molecule has 2 nitrogen and oxygen atoms in total. The Bertz CT molecular complexity index is 263. The summed E-state index contributed by atoms with van der Waals surface area (Å²) >= 11 is 0. The number of rotatable bonds is 2. The molecule has 1 fully saturated rings. The maximum atomic E-state index is 9.34. The minimum absolute atomic E-state index is 0.0804. The van der Waals surface area contributed by atoms with E-state index in [1.807, 2.05) is 30.3 Å². The number of hydrogen-bond acceptors (Lipinski definition) is 2. The van der Waals surface area contributed by atoms with Crippen LogP contribution in [-0.2, 0) is 10.3 Å². The van der Waals surface area contributed by atoms with Crippen molar-refractivity contribution in [3.8, 4) is 0 Å². The van der Waals surface area contributed by atoms with E-state index in [4.69, 9.17) is 4.74 Å². The molecule has 1 aromatic carbocycles. The smallest absolute Gasteiger partial charge is 0.116 e. The highest BCUT2D eigenvalue weighted by molar-refractivity contribution is 5.23. The molecule has 0 unspecified atom stereocenters. The van der Waals surface area contributed by atoms with E-state index < -0.39 is 5.60 Å². The van der Waals surface area contributed by atoms with Crippen LogP contribution in [0.25, 0.3) is 0 Å². The van der Waals surface area contributed by atoms with Crippen molar-refractivity contribution in [1.82, 2.24) is 0 Å². The van der Waals surface area contributed by atoms with Crippen molar-refractivity contribution in [3.63, 3.8) is 0 Å². The van der Waals surface area contributed by atoms with Crippen LogP contribution in [0, 0.1) is 0 Å². The van der Waals surface area contributed by atoms with Gasteiger partial charge in [0.05, 0.1) is 6.61 Å². The van der Waals surface area contributed by atoms with Crippen molar-refractivity contribution in [2.75, 3.05) is 13.2 Å². The molecular formula is C11H14O2. The molecule has 1 heterocycles. The minimum atomic E-state index is -0.415. The standard InChI is InChI=1S/C11H14O2/c12-9-11(7-4-8-13-11)10-5-2-1-3-6-10/h1-3,5-6,12H,4,7-9H2/t11-/m1/s1. The molecule has 1 aliphatic rings. The maximum Gasteiger partial charge on any atom is 0.116 e. The first-order valence-corrected chi connectivity index (χ1v) is 4.68. The van der Waals surface area contributed by atoms with Gasteiger partial charge in [0.25, 0.3) is 0 Å². The highest BCUT2D eigenvalue weighted by atomic mass is 16.5. The van der Waals surface area contributed by atoms with Gasteiger partial charge < -0.3 is 9.84 Å². The topological polar surface area (TPSA) is 29.5 Å². The zero-order valence-electron chi connectivity index (χ0n) is 7.57. The Morgan fingerprint density at radius 1 is 1.31 bits per heavy atom. The fraction of sp³-hybridized carbons (Fsp3) is 0.455. The fourth-order valence-corrected chi connectivity index (χ4v) is 1.88. The largest absolute Gasteiger partial charge is 0.393 e. The molecular weight excluding hydrogens is 164 g/mol. The average Bonchev–Trinajstić information content (AvgIpc) is 2.69. The van der Waals surface area contributed by atoms with Crippen molar-refractivity contribution in [1.29, 1.82) is 0 Å². The van der Waals surface area contributed by atoms with Crippen molar-refractivity contribution in [2.45, 2.75) is 18.4 Å². The molecule has 1 saturated heterocycles. The summed E-state index contributed by atoms with van der Waals surface area (Å²) in [5.74, 6) is 0. The van der Waals surface area contributed by atoms with E-state index in [1.54, 1.807) is 0 Å². The molecule has 2 heteroatoms. The Morgan fingerprint density at radius 3 is 2.62 bits per heavy atom. The molecule has 0 aliphatic carbocycles. The summed E-state index contributed by atoms with van der Waals surface area (Å²) < 4.78 is 5.63. The Kier molecular flexibility index (Phi) is 2.34. The molecule has 0 aromatic heterocycles. The number of aliphatic hydroxyl groups excluding tert-OH is 1. The third kappa shape index (κ3) is 1.47. The number of hydrogen-bond donors (Lipinski definition) is 1. The highest BCUT2D eigenvalue weighted by Crippen LogP contribution is 2.35. The fourth-order valence-electron chi connectivity index (χ4n) is 1.88. The molecule has 1 aliphatic heterocycles. The molecule has 1 atom stereocenters. The van der Waals surface area contributed by atoms with Crippen molar-refractivity contribution in [2.24, 2.45) is 0 Å². The van der Waals surface area contributed by atoms with Gasteiger partial charge in [-0.3, -0.25) is 0 Å². The van der Waals surface area contributed by atoms with Crippen LogP contribution in [0.1, 0.15) is 18.4 Å². The van der Waals surface area contributed by atoms with Crippen LogP contribution in [0.4, 0.5) is 0 Å². The summed E-state index contributed by atoms with van der Waals surface area (Å²) in [6, 6.07) is 9.97. The Labute approximate surface area is 78.2 Å². The summed E-state index contributed by atoms with van der Waals surface area (Å²) in [6.45, 7) is 0.840. The van der Waals surface area contributed by atoms with Crippen LogP contribution >= 0.6 is 0 Å². The Balaban J connectivity index is 2.31. The first-order valence-electron chi connectivity index (χ1n) is 4.68. The highest BCUT2D eigenvalue weighted by Gasteiger charge is 2.35. The van der Waals surface area contributed by atoms with E-state index in [0.717, 1.165) is 25.0 Å². The second-order valence-electron chi connectivity index (χ2n) is 3.47. The molecule has 1 aromatic rings. The molecule has 0 radical (unpaired) electrons. The average molecular weight is 178 g/mol. The van der Waals surface area contributed by atoms with Gasteiger partial charge in [-0.25, -0.2) is 0 Å². The van der Waals surface area contributed by atoms with Crippen molar-refractivity contribution >= 4 is 0 Å². The van der Waals surface area contributed by atoms with E-state index in [0.29, 0.717) is 0 Å². The van der Waals surface area contributed by atoms with Crippen LogP contribution in [0.15, 0.2) is 30.3 Å². The molecule has 0 bridgehead atoms. The van der Waals surface area contributed by atoms with Crippen molar-refractivity contribution < 1.29 is 9.84 Å². The van der Waals surface area contributed by atoms with Crippen LogP contribution in [-0.4, -0.2) is 18.3 Å². The number of benzene rings is 1. The number of aliphatic hydroxyl groups is 1. The summed E-state index contributed by atoms with van der Waals surface area (Å²) in [5.41, 5.74) is 0.677. The normalized spacial score (nSPS) is 27.8. The Morgan fingerprint density at radius 2 is 2.08 bits per heavy atom. The van der Waals surface area contributed by atoms with Crippen LogP contribution in [0.2, 0.25) is 0 Å². The number of ether oxygens (including phenoxy) is 1. The lowest BCUT2D eigenvalue weighted by Gasteiger charge is -2.26. The van der Waals surface area contributed by atoms with Gasteiger partial charge in [0.2, 0.25) is 0 Å². The lowest BCUT2D eigenvalue weighted by molar-refractivity contribution is -0.0429. The molecule has 2 rings (SSSR count). The SMILES string of the molecule is OC[C@@]1(c2ccccc2)CCCO1. The minimum Gasteiger partial charge on any atom is -0.393 e. The maximum absolute atomic E-state index is 9.34. The first kappa shape index (κ1) is 8.73. The molecule has 0 saturated carbocycles. The van der Waals surface area contributed by atoms with Gasteiger partial charge in [0.15, 0.2) is 0 Å². The molecule has 1 N–H and O–H groups in total. The molecule has 0 spiro atoms. The van der Waals surface area contributed by atoms with E-state index >= 15 is 0 Å². The summed E-state index contributed by atoms with van der Waals surface area (Å²) in [6.07, 6.45) is 1.96. The van der Waals surface area contributed by atoms with Crippen LogP contribution < -0.4 is 0 Å². The zero-order chi connectivity index (χ0) is 9.15. The quantitative estimate of drug-likeness (QED) is 0.746. The van der Waals surface area contributed by atoms with Gasteiger partial charge >= 0.3 is 0 Å². The third-order valence-electron chi connectivity index (χ3n) is 2.66. The van der Waals surface area contributed by atoms with Gasteiger partial charge in [-0.05, 0) is 18.4 Å². The van der Waals surface area contributed by atoms with Gasteiger partial charge in [0.1, 0.15) is 5.60 Å². The van der Waals surface area contributed by atoms with Gasteiger partial charge in [-0.2, -0.15) is 0 Å². The van der Waals surface area contributed by atoms with Crippen LogP contribution in [0.5, 0.6) is 0 Å². The summed E-state index contributed by atoms with van der Waals surface area (Å²) in [7, 11) is 0. The molecule has 0 amide bonds. The van der Waals surface area contributed by atoms with E-state index in [9.17, 15) is 5.11 Å². The predicted molar refractivity (Wildman–Crippen MR) is 50.4 cm³/mol. The second-order valence-corrected chi connectivity index (χ2v) is 3.47. The van der Waals surface area contributed by atoms with Gasteiger partial charge in [0, 0.05) is 6.61 Å². The van der Waals surface area contributed by atoms with E-state index in [1.165, 1.54) is 0 Å². The summed E-state index contributed by atoms with van der Waals surface area (Å²) in [5, 5.41) is 9.34. The summed E-state index contributed by atoms with van der Waals surface area (Å²) in [4.78, 5) is 0. The van der Waals surface area contributed by atoms with Crippen LogP contribution in [0.3, 0.4) is 0 Å². The van der Waals surface area contributed by atoms with Gasteiger partial charge in [-0.15, -0.1) is 0 Å². The first-order chi connectivity index (χ1) is 6.37. The third-order valence-corrected chi connectivity index (χ3v) is 2.66. The second kappa shape index (κ2) is 3.48. The lowest BCUT2D eigenvalue weighted by Crippen LogP contribution is -2.29. The van der Waals surface area contributed by atoms with Crippen molar-refractivity contribution in [3.05, 3.63) is 35.9 Å². The Hall–Kier alpha value is -0.860. The predicted octanol–water partition coefficient (Wildman–Crippen LogP) is 1.68. The van der Waals surface area contributed by atoms with Gasteiger partial charge in [-0.1, -0.05) is 30.3 Å². The van der Waals surface area contributed by atoms with E-state index in [2.05, 4.69) is 0 Å².